The molecule has 0 heterocycles. The number of aryl methyl sites for hydroxylation is 1. The van der Waals surface area contributed by atoms with Crippen LogP contribution in [-0.4, -0.2) is 19.6 Å². The summed E-state index contributed by atoms with van der Waals surface area (Å²) in [6.45, 7) is 6.82. The van der Waals surface area contributed by atoms with Crippen molar-refractivity contribution in [3.8, 4) is 0 Å². The summed E-state index contributed by atoms with van der Waals surface area (Å²) in [6, 6.07) is 9.24. The molecule has 0 aromatic heterocycles. The van der Waals surface area contributed by atoms with Crippen molar-refractivity contribution >= 4 is 19.6 Å². The topological polar surface area (TPSA) is 0 Å². The predicted molar refractivity (Wildman–Crippen MR) is 80.1 cm³/mol. The van der Waals surface area contributed by atoms with Crippen LogP contribution in [-0.2, 0) is 4.47 Å². The van der Waals surface area contributed by atoms with Crippen molar-refractivity contribution in [3.05, 3.63) is 35.4 Å². The van der Waals surface area contributed by atoms with E-state index in [1.165, 1.54) is 35.7 Å². The van der Waals surface area contributed by atoms with Gasteiger partial charge in [-0.25, -0.2) is 0 Å². The Hall–Kier alpha value is 0.490. The first-order chi connectivity index (χ1) is 8.26. The first kappa shape index (κ1) is 18.5. The first-order valence-electron chi connectivity index (χ1n) is 6.96. The van der Waals surface area contributed by atoms with Crippen molar-refractivity contribution in [1.29, 1.82) is 0 Å². The van der Waals surface area contributed by atoms with Gasteiger partial charge in [0, 0.05) is 0 Å². The van der Waals surface area contributed by atoms with Gasteiger partial charge in [0.2, 0.25) is 0 Å². The van der Waals surface area contributed by atoms with Crippen LogP contribution in [0.4, 0.5) is 0 Å². The van der Waals surface area contributed by atoms with E-state index in [4.69, 9.17) is 0 Å². The molecule has 0 bridgehead atoms. The molecule has 0 unspecified atom stereocenters. The van der Waals surface area contributed by atoms with Crippen molar-refractivity contribution in [2.45, 2.75) is 59.9 Å². The summed E-state index contributed by atoms with van der Waals surface area (Å²) in [4.78, 5) is 0. The molecule has 0 atom stereocenters. The normalized spacial score (nSPS) is 10.4. The van der Waals surface area contributed by atoms with Crippen LogP contribution in [0.1, 0.15) is 50.7 Å². The zero-order chi connectivity index (χ0) is 12.5. The molecule has 0 aliphatic heterocycles. The van der Waals surface area contributed by atoms with E-state index < -0.39 is 19.6 Å². The van der Waals surface area contributed by atoms with Crippen molar-refractivity contribution in [1.82, 2.24) is 0 Å². The van der Waals surface area contributed by atoms with Crippen molar-refractivity contribution in [2.75, 3.05) is 0 Å². The van der Waals surface area contributed by atoms with Gasteiger partial charge in [-0.1, -0.05) is 0 Å². The average molecular weight is 427 g/mol. The molecule has 0 amide bonds. The van der Waals surface area contributed by atoms with E-state index in [9.17, 15) is 0 Å². The van der Waals surface area contributed by atoms with Gasteiger partial charge < -0.3 is 17.0 Å². The Bertz CT molecular complexity index is 286. The summed E-state index contributed by atoms with van der Waals surface area (Å²) >= 11 is -0.828. The van der Waals surface area contributed by atoms with E-state index >= 15 is 0 Å². The largest absolute Gasteiger partial charge is 1.00 e. The molecule has 18 heavy (non-hydrogen) atoms. The molecule has 0 spiro atoms. The molecule has 2 heteroatoms. The number of hydrogen-bond donors (Lipinski definition) is 0. The predicted octanol–water partition coefficient (Wildman–Crippen LogP) is 2.18. The van der Waals surface area contributed by atoms with E-state index in [0.29, 0.717) is 0 Å². The smallest absolute Gasteiger partial charge is 1.00 e. The van der Waals surface area contributed by atoms with E-state index in [1.807, 2.05) is 0 Å². The molecular weight excluding hydrogens is 400 g/mol. The van der Waals surface area contributed by atoms with Gasteiger partial charge in [0.25, 0.3) is 0 Å². The van der Waals surface area contributed by atoms with Gasteiger partial charge in [-0.2, -0.15) is 0 Å². The van der Waals surface area contributed by atoms with E-state index in [2.05, 4.69) is 45.0 Å². The van der Waals surface area contributed by atoms with Crippen molar-refractivity contribution < 1.29 is 17.0 Å². The van der Waals surface area contributed by atoms with Gasteiger partial charge >= 0.3 is 115 Å². The van der Waals surface area contributed by atoms with Crippen LogP contribution >= 0.6 is 0 Å². The molecule has 104 valence electrons. The van der Waals surface area contributed by atoms with Crippen LogP contribution in [0.5, 0.6) is 0 Å². The minimum atomic E-state index is -0.828. The number of rotatable bonds is 8. The number of halogens is 1. The zero-order valence-electron chi connectivity index (χ0n) is 12.0. The van der Waals surface area contributed by atoms with Gasteiger partial charge in [0.05, 0.1) is 0 Å². The van der Waals surface area contributed by atoms with E-state index in [-0.39, 0.29) is 17.0 Å². The van der Waals surface area contributed by atoms with Gasteiger partial charge in [-0.15, -0.1) is 0 Å². The SMILES string of the molecule is CCCC[Te+](CCCC)Cc1ccc(C)cc1.[Br-]. The molecule has 0 aliphatic carbocycles. The second-order valence-electron chi connectivity index (χ2n) is 4.86. The van der Waals surface area contributed by atoms with Crippen LogP contribution < -0.4 is 17.0 Å². The third kappa shape index (κ3) is 7.82. The van der Waals surface area contributed by atoms with Crippen molar-refractivity contribution in [3.63, 3.8) is 0 Å². The summed E-state index contributed by atoms with van der Waals surface area (Å²) in [5.74, 6) is 0. The Morgan fingerprint density at radius 3 is 1.83 bits per heavy atom. The zero-order valence-corrected chi connectivity index (χ0v) is 16.0. The van der Waals surface area contributed by atoms with Gasteiger partial charge in [0.15, 0.2) is 0 Å². The summed E-state index contributed by atoms with van der Waals surface area (Å²) < 4.78 is 4.60. The number of hydrogen-bond acceptors (Lipinski definition) is 0. The molecule has 0 saturated carbocycles. The summed E-state index contributed by atoms with van der Waals surface area (Å²) in [6.07, 6.45) is 5.67. The number of unbranched alkanes of at least 4 members (excludes halogenated alkanes) is 2. The fourth-order valence-electron chi connectivity index (χ4n) is 1.86. The Morgan fingerprint density at radius 1 is 0.889 bits per heavy atom. The van der Waals surface area contributed by atoms with Crippen LogP contribution in [0.2, 0.25) is 8.94 Å². The average Bonchev–Trinajstić information content (AvgIpc) is 2.35. The van der Waals surface area contributed by atoms with Crippen LogP contribution in [0, 0.1) is 6.92 Å². The summed E-state index contributed by atoms with van der Waals surface area (Å²) in [7, 11) is 0. The van der Waals surface area contributed by atoms with Crippen LogP contribution in [0.25, 0.3) is 0 Å². The van der Waals surface area contributed by atoms with Gasteiger partial charge in [0.1, 0.15) is 0 Å². The Balaban J connectivity index is 0.00000289. The minimum Gasteiger partial charge on any atom is -1.00 e. The maximum absolute atomic E-state index is 2.35. The standard InChI is InChI=1S/C16H27Te.BrH/c1-4-6-12-17(13-7-5-2)14-16-10-8-15(3)9-11-16;/h8-11H,4-7,12-14H2,1-3H3;1H/q+1;/p-1. The Morgan fingerprint density at radius 2 is 1.39 bits per heavy atom. The summed E-state index contributed by atoms with van der Waals surface area (Å²) in [5.41, 5.74) is 2.98. The Kier molecular flexibility index (Phi) is 11.6. The maximum Gasteiger partial charge on any atom is -1.00 e. The molecule has 1 rings (SSSR count). The fraction of sp³-hybridized carbons (Fsp3) is 0.625. The van der Waals surface area contributed by atoms with E-state index in [1.54, 1.807) is 14.5 Å². The molecule has 0 nitrogen and oxygen atoms in total. The second kappa shape index (κ2) is 11.3. The number of benzene rings is 1. The third-order valence-corrected chi connectivity index (χ3v) is 10.1. The van der Waals surface area contributed by atoms with Crippen LogP contribution in [0.15, 0.2) is 24.3 Å². The van der Waals surface area contributed by atoms with E-state index in [0.717, 1.165) is 0 Å². The minimum absolute atomic E-state index is 0. The fourth-order valence-corrected chi connectivity index (χ4v) is 9.14. The molecule has 1 aromatic carbocycles. The second-order valence-corrected chi connectivity index (χ2v) is 11.5. The molecule has 0 radical (unpaired) electrons. The molecule has 0 fully saturated rings. The van der Waals surface area contributed by atoms with Gasteiger partial charge in [-0.05, 0) is 0 Å². The monoisotopic (exact) mass is 428 g/mol. The van der Waals surface area contributed by atoms with Crippen molar-refractivity contribution in [2.24, 2.45) is 0 Å². The first-order valence-corrected chi connectivity index (χ1v) is 11.9. The molecule has 0 N–H and O–H groups in total. The maximum atomic E-state index is 2.35. The molecule has 1 aromatic rings. The summed E-state index contributed by atoms with van der Waals surface area (Å²) in [5, 5.41) is 0. The van der Waals surface area contributed by atoms with Crippen LogP contribution in [0.3, 0.4) is 0 Å². The molecule has 0 saturated heterocycles. The quantitative estimate of drug-likeness (QED) is 0.559. The third-order valence-electron chi connectivity index (χ3n) is 3.06. The molecule has 0 aliphatic rings. The van der Waals surface area contributed by atoms with Gasteiger partial charge in [-0.3, -0.25) is 0 Å². The Labute approximate surface area is 131 Å². The molecular formula is C16H27BrTe.